The largest absolute Gasteiger partial charge is 0.467 e. The van der Waals surface area contributed by atoms with Crippen molar-refractivity contribution in [1.29, 1.82) is 0 Å². The number of benzene rings is 1. The molecule has 2 atom stereocenters. The lowest BCUT2D eigenvalue weighted by molar-refractivity contribution is -0.151. The Kier molecular flexibility index (Phi) is 8.01. The van der Waals surface area contributed by atoms with Gasteiger partial charge in [-0.1, -0.05) is 11.8 Å². The Balaban J connectivity index is 2.18. The SMILES string of the molecule is COC(=O)[C@@H](NC(=O)c1ccc(C#CC#CCCO)cc1)[C@@]1(OC)CCS(=O)(=O)C1. The van der Waals surface area contributed by atoms with Gasteiger partial charge in [0.2, 0.25) is 0 Å². The molecule has 1 aliphatic heterocycles. The van der Waals surface area contributed by atoms with Crippen molar-refractivity contribution in [2.24, 2.45) is 0 Å². The summed E-state index contributed by atoms with van der Waals surface area (Å²) in [6.45, 7) is -0.0264. The molecule has 1 saturated heterocycles. The Morgan fingerprint density at radius 1 is 1.23 bits per heavy atom. The minimum absolute atomic E-state index is 0.0264. The number of carbonyl (C=O) groups is 2. The monoisotopic (exact) mass is 433 g/mol. The van der Waals surface area contributed by atoms with Gasteiger partial charge < -0.3 is 19.9 Å². The van der Waals surface area contributed by atoms with Crippen LogP contribution in [0.15, 0.2) is 24.3 Å². The summed E-state index contributed by atoms with van der Waals surface area (Å²) in [6.07, 6.45) is 0.414. The number of methoxy groups -OCH3 is 2. The fourth-order valence-corrected chi connectivity index (χ4v) is 5.03. The molecule has 1 fully saturated rings. The lowest BCUT2D eigenvalue weighted by Gasteiger charge is -2.33. The molecule has 0 radical (unpaired) electrons. The quantitative estimate of drug-likeness (QED) is 0.475. The summed E-state index contributed by atoms with van der Waals surface area (Å²) in [5.74, 6) is 8.84. The highest BCUT2D eigenvalue weighted by molar-refractivity contribution is 7.91. The van der Waals surface area contributed by atoms with E-state index in [9.17, 15) is 18.0 Å². The van der Waals surface area contributed by atoms with E-state index in [1.807, 2.05) is 0 Å². The van der Waals surface area contributed by atoms with Gasteiger partial charge in [0.1, 0.15) is 5.60 Å². The summed E-state index contributed by atoms with van der Waals surface area (Å²) in [5.41, 5.74) is -0.502. The van der Waals surface area contributed by atoms with E-state index in [1.54, 1.807) is 12.1 Å². The number of rotatable bonds is 6. The molecule has 0 bridgehead atoms. The van der Waals surface area contributed by atoms with E-state index in [1.165, 1.54) is 19.2 Å². The third-order valence-corrected chi connectivity index (χ3v) is 6.44. The summed E-state index contributed by atoms with van der Waals surface area (Å²) in [7, 11) is -0.935. The lowest BCUT2D eigenvalue weighted by Crippen LogP contribution is -2.59. The molecule has 0 spiro atoms. The number of nitrogens with one attached hydrogen (secondary N) is 1. The molecular formula is C21H23NO7S. The van der Waals surface area contributed by atoms with E-state index in [-0.39, 0.29) is 30.1 Å². The summed E-state index contributed by atoms with van der Waals surface area (Å²) in [5, 5.41) is 11.2. The fraction of sp³-hybridized carbons (Fsp3) is 0.429. The average molecular weight is 433 g/mol. The predicted molar refractivity (Wildman–Crippen MR) is 109 cm³/mol. The topological polar surface area (TPSA) is 119 Å². The van der Waals surface area contributed by atoms with E-state index in [0.29, 0.717) is 12.0 Å². The molecule has 0 unspecified atom stereocenters. The van der Waals surface area contributed by atoms with E-state index in [4.69, 9.17) is 14.6 Å². The van der Waals surface area contributed by atoms with Gasteiger partial charge in [0, 0.05) is 24.7 Å². The second-order valence-corrected chi connectivity index (χ2v) is 8.83. The van der Waals surface area contributed by atoms with Crippen molar-refractivity contribution in [3.05, 3.63) is 35.4 Å². The summed E-state index contributed by atoms with van der Waals surface area (Å²) in [6, 6.07) is 5.02. The van der Waals surface area contributed by atoms with Gasteiger partial charge in [0.25, 0.3) is 5.91 Å². The highest BCUT2D eigenvalue weighted by Gasteiger charge is 2.52. The molecule has 160 valence electrons. The van der Waals surface area contributed by atoms with Crippen LogP contribution in [0.25, 0.3) is 0 Å². The maximum Gasteiger partial charge on any atom is 0.331 e. The van der Waals surface area contributed by atoms with Crippen LogP contribution in [0.3, 0.4) is 0 Å². The molecule has 8 nitrogen and oxygen atoms in total. The number of hydrogen-bond acceptors (Lipinski definition) is 7. The summed E-state index contributed by atoms with van der Waals surface area (Å²) in [4.78, 5) is 25.0. The van der Waals surface area contributed by atoms with Crippen molar-refractivity contribution >= 4 is 21.7 Å². The van der Waals surface area contributed by atoms with E-state index in [2.05, 4.69) is 29.0 Å². The van der Waals surface area contributed by atoms with Gasteiger partial charge in [-0.25, -0.2) is 13.2 Å². The zero-order chi connectivity index (χ0) is 22.2. The molecule has 1 amide bonds. The zero-order valence-corrected chi connectivity index (χ0v) is 17.5. The Bertz CT molecular complexity index is 1010. The third kappa shape index (κ3) is 5.83. The van der Waals surface area contributed by atoms with Crippen molar-refractivity contribution in [3.63, 3.8) is 0 Å². The molecule has 2 N–H and O–H groups in total. The summed E-state index contributed by atoms with van der Waals surface area (Å²) < 4.78 is 34.1. The maximum atomic E-state index is 12.7. The average Bonchev–Trinajstić information content (AvgIpc) is 3.07. The number of esters is 1. The van der Waals surface area contributed by atoms with Gasteiger partial charge in [-0.2, -0.15) is 0 Å². The summed E-state index contributed by atoms with van der Waals surface area (Å²) >= 11 is 0. The number of hydrogen-bond donors (Lipinski definition) is 2. The van der Waals surface area contributed by atoms with Crippen molar-refractivity contribution in [1.82, 2.24) is 5.32 Å². The first-order valence-electron chi connectivity index (χ1n) is 9.11. The smallest absolute Gasteiger partial charge is 0.331 e. The Morgan fingerprint density at radius 2 is 1.93 bits per heavy atom. The van der Waals surface area contributed by atoms with Crippen molar-refractivity contribution in [2.75, 3.05) is 32.3 Å². The number of aliphatic hydroxyl groups excluding tert-OH is 1. The number of amides is 1. The van der Waals surface area contributed by atoms with Gasteiger partial charge >= 0.3 is 5.97 Å². The molecule has 0 aromatic heterocycles. The second-order valence-electron chi connectivity index (χ2n) is 6.64. The predicted octanol–water partition coefficient (Wildman–Crippen LogP) is -0.101. The number of ether oxygens (including phenoxy) is 2. The number of sulfone groups is 1. The zero-order valence-electron chi connectivity index (χ0n) is 16.7. The molecule has 2 rings (SSSR count). The molecule has 9 heteroatoms. The lowest BCUT2D eigenvalue weighted by atomic mass is 9.92. The first-order chi connectivity index (χ1) is 14.3. The first kappa shape index (κ1) is 23.4. The molecule has 0 aliphatic carbocycles. The van der Waals surface area contributed by atoms with Crippen LogP contribution in [-0.2, 0) is 24.1 Å². The van der Waals surface area contributed by atoms with Crippen LogP contribution in [0.4, 0.5) is 0 Å². The molecule has 1 aromatic rings. The van der Waals surface area contributed by atoms with E-state index >= 15 is 0 Å². The van der Waals surface area contributed by atoms with Gasteiger partial charge in [-0.05, 0) is 42.5 Å². The third-order valence-electron chi connectivity index (χ3n) is 4.69. The fourth-order valence-electron chi connectivity index (χ4n) is 3.06. The van der Waals surface area contributed by atoms with E-state index in [0.717, 1.165) is 7.11 Å². The van der Waals surface area contributed by atoms with Crippen LogP contribution in [-0.4, -0.2) is 69.4 Å². The Morgan fingerprint density at radius 3 is 2.47 bits per heavy atom. The molecule has 1 aliphatic rings. The first-order valence-corrected chi connectivity index (χ1v) is 10.9. The Labute approximate surface area is 175 Å². The molecule has 1 aromatic carbocycles. The minimum Gasteiger partial charge on any atom is -0.467 e. The minimum atomic E-state index is -3.40. The number of carbonyl (C=O) groups excluding carboxylic acids is 2. The van der Waals surface area contributed by atoms with Crippen LogP contribution in [0.2, 0.25) is 0 Å². The van der Waals surface area contributed by atoms with Crippen molar-refractivity contribution in [2.45, 2.75) is 24.5 Å². The highest BCUT2D eigenvalue weighted by atomic mass is 32.2. The van der Waals surface area contributed by atoms with Crippen LogP contribution in [0.1, 0.15) is 28.8 Å². The van der Waals surface area contributed by atoms with Gasteiger partial charge in [0.05, 0.1) is 25.2 Å². The van der Waals surface area contributed by atoms with Crippen molar-refractivity contribution in [3.8, 4) is 23.7 Å². The normalized spacial score (nSPS) is 20.1. The standard InChI is InChI=1S/C21H23NO7S/c1-28-20(25)18(21(29-2)12-14-30(26,27)15-21)22-19(24)17-10-8-16(9-11-17)7-5-3-4-6-13-23/h8-11,18,23H,6,12-15H2,1-2H3,(H,22,24)/t18-,21-/m1/s1. The van der Waals surface area contributed by atoms with Crippen LogP contribution < -0.4 is 5.32 Å². The maximum absolute atomic E-state index is 12.7. The number of aliphatic hydroxyl groups is 1. The molecule has 0 saturated carbocycles. The second kappa shape index (κ2) is 10.3. The molecule has 30 heavy (non-hydrogen) atoms. The van der Waals surface area contributed by atoms with Crippen LogP contribution in [0, 0.1) is 23.7 Å². The van der Waals surface area contributed by atoms with Gasteiger partial charge in [-0.3, -0.25) is 4.79 Å². The highest BCUT2D eigenvalue weighted by Crippen LogP contribution is 2.31. The molecular weight excluding hydrogens is 410 g/mol. The van der Waals surface area contributed by atoms with Crippen LogP contribution >= 0.6 is 0 Å². The van der Waals surface area contributed by atoms with E-state index < -0.39 is 33.4 Å². The van der Waals surface area contributed by atoms with Crippen LogP contribution in [0.5, 0.6) is 0 Å². The van der Waals surface area contributed by atoms with Crippen molar-refractivity contribution < 1.29 is 32.6 Å². The van der Waals surface area contributed by atoms with Gasteiger partial charge in [-0.15, -0.1) is 0 Å². The van der Waals surface area contributed by atoms with Gasteiger partial charge in [0.15, 0.2) is 15.9 Å². The molecule has 1 heterocycles. The Hall–Kier alpha value is -2.85.